The SMILES string of the molecule is COc1ccc(N2CCN(C(=O)c3ccccc3N(Cc3ccccc3)S(=O)(=O)c3ccc(OC)cc3)CC2)cc1. The molecule has 0 saturated carbocycles. The van der Waals surface area contributed by atoms with Crippen LogP contribution in [0.25, 0.3) is 0 Å². The molecule has 0 aliphatic carbocycles. The second kappa shape index (κ2) is 12.3. The number of para-hydroxylation sites is 1. The number of nitrogens with zero attached hydrogens (tertiary/aromatic N) is 3. The monoisotopic (exact) mass is 571 g/mol. The number of sulfonamides is 1. The molecular weight excluding hydrogens is 538 g/mol. The zero-order chi connectivity index (χ0) is 28.8. The number of anilines is 2. The van der Waals surface area contributed by atoms with Gasteiger partial charge in [0.15, 0.2) is 0 Å². The quantitative estimate of drug-likeness (QED) is 0.279. The van der Waals surface area contributed by atoms with E-state index >= 15 is 0 Å². The number of amides is 1. The Bertz CT molecular complexity index is 1570. The van der Waals surface area contributed by atoms with Gasteiger partial charge in [-0.25, -0.2) is 8.42 Å². The fourth-order valence-corrected chi connectivity index (χ4v) is 6.40. The van der Waals surface area contributed by atoms with E-state index in [1.165, 1.54) is 23.5 Å². The van der Waals surface area contributed by atoms with Crippen LogP contribution in [0.5, 0.6) is 11.5 Å². The lowest BCUT2D eigenvalue weighted by molar-refractivity contribution is 0.0747. The summed E-state index contributed by atoms with van der Waals surface area (Å²) < 4.78 is 40.0. The highest BCUT2D eigenvalue weighted by Crippen LogP contribution is 2.31. The summed E-state index contributed by atoms with van der Waals surface area (Å²) in [6.07, 6.45) is 0. The lowest BCUT2D eigenvalue weighted by Gasteiger charge is -2.37. The molecule has 1 saturated heterocycles. The first-order chi connectivity index (χ1) is 19.9. The van der Waals surface area contributed by atoms with Crippen molar-refractivity contribution in [2.24, 2.45) is 0 Å². The Labute approximate surface area is 241 Å². The van der Waals surface area contributed by atoms with Crippen molar-refractivity contribution in [1.82, 2.24) is 4.90 Å². The molecular formula is C32H33N3O5S. The molecule has 0 aromatic heterocycles. The topological polar surface area (TPSA) is 79.4 Å². The standard InChI is InChI=1S/C32H33N3O5S/c1-39-27-14-12-26(13-15-27)33-20-22-34(23-21-33)32(36)30-10-6-7-11-31(30)35(24-25-8-4-3-5-9-25)41(37,38)29-18-16-28(40-2)17-19-29/h3-19H,20-24H2,1-2H3. The average Bonchev–Trinajstić information content (AvgIpc) is 3.04. The van der Waals surface area contributed by atoms with Gasteiger partial charge in [-0.3, -0.25) is 9.10 Å². The van der Waals surface area contributed by atoms with Crippen molar-refractivity contribution in [2.75, 3.05) is 49.6 Å². The molecule has 41 heavy (non-hydrogen) atoms. The fraction of sp³-hybridized carbons (Fsp3) is 0.219. The van der Waals surface area contributed by atoms with E-state index in [-0.39, 0.29) is 17.3 Å². The first kappa shape index (κ1) is 28.0. The highest BCUT2D eigenvalue weighted by Gasteiger charge is 2.31. The van der Waals surface area contributed by atoms with Crippen LogP contribution in [0.1, 0.15) is 15.9 Å². The van der Waals surface area contributed by atoms with Gasteiger partial charge in [0.25, 0.3) is 15.9 Å². The van der Waals surface area contributed by atoms with Crippen molar-refractivity contribution >= 4 is 27.3 Å². The number of piperazine rings is 1. The number of carbonyl (C=O) groups is 1. The summed E-state index contributed by atoms with van der Waals surface area (Å²) in [5, 5.41) is 0. The number of benzene rings is 4. The van der Waals surface area contributed by atoms with Crippen LogP contribution in [0, 0.1) is 0 Å². The van der Waals surface area contributed by atoms with Gasteiger partial charge in [0.1, 0.15) is 11.5 Å². The second-order valence-electron chi connectivity index (χ2n) is 9.67. The molecule has 0 atom stereocenters. The number of carbonyl (C=O) groups excluding carboxylic acids is 1. The van der Waals surface area contributed by atoms with Crippen molar-refractivity contribution < 1.29 is 22.7 Å². The van der Waals surface area contributed by atoms with Crippen LogP contribution in [0.2, 0.25) is 0 Å². The molecule has 0 bridgehead atoms. The van der Waals surface area contributed by atoms with Crippen molar-refractivity contribution in [3.63, 3.8) is 0 Å². The molecule has 1 heterocycles. The van der Waals surface area contributed by atoms with Gasteiger partial charge in [0.05, 0.1) is 36.9 Å². The molecule has 1 amide bonds. The number of rotatable bonds is 9. The van der Waals surface area contributed by atoms with E-state index in [1.807, 2.05) is 54.6 Å². The zero-order valence-corrected chi connectivity index (χ0v) is 24.0. The number of methoxy groups -OCH3 is 2. The lowest BCUT2D eigenvalue weighted by Crippen LogP contribution is -2.49. The van der Waals surface area contributed by atoms with E-state index in [0.29, 0.717) is 43.2 Å². The van der Waals surface area contributed by atoms with Gasteiger partial charge in [-0.1, -0.05) is 42.5 Å². The largest absolute Gasteiger partial charge is 0.497 e. The van der Waals surface area contributed by atoms with Crippen LogP contribution in [0.3, 0.4) is 0 Å². The van der Waals surface area contributed by atoms with Crippen molar-refractivity contribution in [2.45, 2.75) is 11.4 Å². The lowest BCUT2D eigenvalue weighted by atomic mass is 10.1. The summed E-state index contributed by atoms with van der Waals surface area (Å²) >= 11 is 0. The molecule has 4 aromatic rings. The van der Waals surface area contributed by atoms with Gasteiger partial charge in [-0.2, -0.15) is 0 Å². The fourth-order valence-electron chi connectivity index (χ4n) is 4.93. The molecule has 0 unspecified atom stereocenters. The summed E-state index contributed by atoms with van der Waals surface area (Å²) in [5.74, 6) is 1.16. The Morgan fingerprint density at radius 2 is 1.29 bits per heavy atom. The van der Waals surface area contributed by atoms with Crippen LogP contribution < -0.4 is 18.7 Å². The Hall–Kier alpha value is -4.50. The molecule has 1 aliphatic heterocycles. The van der Waals surface area contributed by atoms with Gasteiger partial charge in [0, 0.05) is 31.9 Å². The zero-order valence-electron chi connectivity index (χ0n) is 23.1. The van der Waals surface area contributed by atoms with Gasteiger partial charge in [-0.05, 0) is 66.2 Å². The molecule has 212 valence electrons. The predicted octanol–water partition coefficient (Wildman–Crippen LogP) is 5.06. The summed E-state index contributed by atoms with van der Waals surface area (Å²) in [6, 6.07) is 30.5. The van der Waals surface area contributed by atoms with Crippen LogP contribution in [0.15, 0.2) is 108 Å². The molecule has 5 rings (SSSR count). The molecule has 0 radical (unpaired) electrons. The number of hydrogen-bond acceptors (Lipinski definition) is 6. The van der Waals surface area contributed by atoms with Gasteiger partial charge in [0.2, 0.25) is 0 Å². The molecule has 0 N–H and O–H groups in total. The Kier molecular flexibility index (Phi) is 8.45. The highest BCUT2D eigenvalue weighted by atomic mass is 32.2. The maximum atomic E-state index is 14.1. The summed E-state index contributed by atoms with van der Waals surface area (Å²) in [6.45, 7) is 2.44. The number of ether oxygens (including phenoxy) is 2. The van der Waals surface area contributed by atoms with E-state index in [2.05, 4.69) is 4.90 Å². The van der Waals surface area contributed by atoms with Crippen molar-refractivity contribution in [1.29, 1.82) is 0 Å². The van der Waals surface area contributed by atoms with E-state index < -0.39 is 10.0 Å². The molecule has 9 heteroatoms. The minimum atomic E-state index is -4.03. The van der Waals surface area contributed by atoms with E-state index in [0.717, 1.165) is 17.0 Å². The summed E-state index contributed by atoms with van der Waals surface area (Å²) in [5.41, 5.74) is 2.56. The van der Waals surface area contributed by atoms with Gasteiger partial charge < -0.3 is 19.3 Å². The third-order valence-corrected chi connectivity index (χ3v) is 9.00. The molecule has 4 aromatic carbocycles. The van der Waals surface area contributed by atoms with Crippen molar-refractivity contribution in [3.8, 4) is 11.5 Å². The molecule has 1 fully saturated rings. The minimum Gasteiger partial charge on any atom is -0.497 e. The third-order valence-electron chi connectivity index (χ3n) is 7.22. The highest BCUT2D eigenvalue weighted by molar-refractivity contribution is 7.92. The Morgan fingerprint density at radius 1 is 0.732 bits per heavy atom. The second-order valence-corrected chi connectivity index (χ2v) is 11.5. The third kappa shape index (κ3) is 6.15. The number of hydrogen-bond donors (Lipinski definition) is 0. The van der Waals surface area contributed by atoms with Crippen LogP contribution in [0.4, 0.5) is 11.4 Å². The van der Waals surface area contributed by atoms with Crippen LogP contribution in [-0.2, 0) is 16.6 Å². The maximum absolute atomic E-state index is 14.1. The predicted molar refractivity (Wildman–Crippen MR) is 160 cm³/mol. The minimum absolute atomic E-state index is 0.0742. The van der Waals surface area contributed by atoms with E-state index in [9.17, 15) is 13.2 Å². The molecule has 0 spiro atoms. The Balaban J connectivity index is 1.43. The van der Waals surface area contributed by atoms with Crippen LogP contribution in [-0.4, -0.2) is 59.6 Å². The summed E-state index contributed by atoms with van der Waals surface area (Å²) in [7, 11) is -0.855. The normalized spacial score (nSPS) is 13.5. The average molecular weight is 572 g/mol. The van der Waals surface area contributed by atoms with E-state index in [1.54, 1.807) is 48.4 Å². The first-order valence-corrected chi connectivity index (χ1v) is 14.8. The van der Waals surface area contributed by atoms with E-state index in [4.69, 9.17) is 9.47 Å². The van der Waals surface area contributed by atoms with Crippen molar-refractivity contribution in [3.05, 3.63) is 114 Å². The molecule has 1 aliphatic rings. The smallest absolute Gasteiger partial charge is 0.264 e. The van der Waals surface area contributed by atoms with Gasteiger partial charge >= 0.3 is 0 Å². The first-order valence-electron chi connectivity index (χ1n) is 13.4. The summed E-state index contributed by atoms with van der Waals surface area (Å²) in [4.78, 5) is 18.0. The molecule has 8 nitrogen and oxygen atoms in total. The van der Waals surface area contributed by atoms with Crippen LogP contribution >= 0.6 is 0 Å². The Morgan fingerprint density at radius 3 is 1.90 bits per heavy atom. The maximum Gasteiger partial charge on any atom is 0.264 e. The van der Waals surface area contributed by atoms with Gasteiger partial charge in [-0.15, -0.1) is 0 Å².